The van der Waals surface area contributed by atoms with Crippen molar-refractivity contribution in [3.05, 3.63) is 204 Å². The Morgan fingerprint density at radius 2 is 0.919 bits per heavy atom. The molecule has 0 saturated carbocycles. The van der Waals surface area contributed by atoms with Crippen LogP contribution in [0.4, 0.5) is 0 Å². The van der Waals surface area contributed by atoms with Crippen LogP contribution in [0.1, 0.15) is 22.3 Å². The minimum absolute atomic E-state index is 0.524. The Kier molecular flexibility index (Phi) is 6.01. The van der Waals surface area contributed by atoms with E-state index in [2.05, 4.69) is 138 Å². The number of hydrogen-bond acceptors (Lipinski definition) is 5. The summed E-state index contributed by atoms with van der Waals surface area (Å²) < 4.78 is 15.3. The fraction of sp³-hybridized carbons (Fsp3) is 0.0179. The van der Waals surface area contributed by atoms with Crippen LogP contribution >= 0.6 is 0 Å². The number of furan rings is 2. The fourth-order valence-electron chi connectivity index (χ4n) is 11.3. The molecule has 4 aromatic heterocycles. The van der Waals surface area contributed by atoms with E-state index >= 15 is 0 Å². The molecular formula is C56H30N4O2. The maximum absolute atomic E-state index is 6.63. The first-order valence-electron chi connectivity index (χ1n) is 21.0. The fourth-order valence-corrected chi connectivity index (χ4v) is 11.3. The minimum Gasteiger partial charge on any atom is -0.456 e. The molecular weight excluding hydrogens is 761 g/mol. The molecule has 0 N–H and O–H groups in total. The molecule has 0 radical (unpaired) electrons. The number of benzene rings is 9. The third-order valence-electron chi connectivity index (χ3n) is 13.7. The molecule has 6 nitrogen and oxygen atoms in total. The van der Waals surface area contributed by atoms with Crippen LogP contribution in [0.15, 0.2) is 191 Å². The van der Waals surface area contributed by atoms with Crippen molar-refractivity contribution in [3.8, 4) is 39.9 Å². The summed E-state index contributed by atoms with van der Waals surface area (Å²) in [7, 11) is 0. The maximum atomic E-state index is 6.63. The van der Waals surface area contributed by atoms with Crippen LogP contribution in [0.5, 0.6) is 0 Å². The van der Waals surface area contributed by atoms with Gasteiger partial charge < -0.3 is 8.83 Å². The molecule has 0 atom stereocenters. The van der Waals surface area contributed by atoms with Crippen molar-refractivity contribution >= 4 is 76.5 Å². The van der Waals surface area contributed by atoms with Gasteiger partial charge >= 0.3 is 0 Å². The van der Waals surface area contributed by atoms with Gasteiger partial charge in [-0.1, -0.05) is 146 Å². The largest absolute Gasteiger partial charge is 0.456 e. The first-order chi connectivity index (χ1) is 30.8. The molecule has 0 saturated heterocycles. The third kappa shape index (κ3) is 3.89. The van der Waals surface area contributed by atoms with Gasteiger partial charge in [-0.25, -0.2) is 4.98 Å². The highest BCUT2D eigenvalue weighted by Gasteiger charge is 2.50. The lowest BCUT2D eigenvalue weighted by Gasteiger charge is -2.37. The quantitative estimate of drug-likeness (QED) is 0.178. The van der Waals surface area contributed by atoms with Crippen LogP contribution in [-0.2, 0) is 5.41 Å². The van der Waals surface area contributed by atoms with E-state index in [9.17, 15) is 0 Å². The van der Waals surface area contributed by atoms with Crippen molar-refractivity contribution in [3.63, 3.8) is 0 Å². The molecule has 2 aliphatic rings. The maximum Gasteiger partial charge on any atom is 0.238 e. The van der Waals surface area contributed by atoms with Gasteiger partial charge in [0.1, 0.15) is 22.3 Å². The summed E-state index contributed by atoms with van der Waals surface area (Å²) >= 11 is 0. The zero-order valence-electron chi connectivity index (χ0n) is 32.9. The van der Waals surface area contributed by atoms with Crippen molar-refractivity contribution in [2.75, 3.05) is 0 Å². The van der Waals surface area contributed by atoms with E-state index in [4.69, 9.17) is 23.8 Å². The molecule has 0 fully saturated rings. The summed E-state index contributed by atoms with van der Waals surface area (Å²) in [5, 5.41) is 8.92. The summed E-state index contributed by atoms with van der Waals surface area (Å²) in [5.74, 6) is 1.60. The Balaban J connectivity index is 1.09. The van der Waals surface area contributed by atoms with Gasteiger partial charge in [0.05, 0.1) is 22.0 Å². The Hall–Kier alpha value is -8.35. The van der Waals surface area contributed by atoms with E-state index in [1.165, 1.54) is 54.9 Å². The highest BCUT2D eigenvalue weighted by Crippen LogP contribution is 2.62. The average molecular weight is 791 g/mol. The second-order valence-electron chi connectivity index (χ2n) is 16.6. The van der Waals surface area contributed by atoms with E-state index in [1.54, 1.807) is 0 Å². The molecule has 9 aromatic carbocycles. The van der Waals surface area contributed by atoms with Crippen LogP contribution in [0, 0.1) is 0 Å². The van der Waals surface area contributed by atoms with Crippen LogP contribution in [0.2, 0.25) is 0 Å². The lowest BCUT2D eigenvalue weighted by molar-refractivity contribution is 0.668. The Morgan fingerprint density at radius 1 is 0.355 bits per heavy atom. The van der Waals surface area contributed by atoms with Crippen molar-refractivity contribution in [2.45, 2.75) is 5.41 Å². The highest BCUT2D eigenvalue weighted by molar-refractivity contribution is 6.26. The Labute approximate surface area is 353 Å². The van der Waals surface area contributed by atoms with Gasteiger partial charge in [-0.2, -0.15) is 9.97 Å². The van der Waals surface area contributed by atoms with Gasteiger partial charge in [0, 0.05) is 37.9 Å². The van der Waals surface area contributed by atoms with E-state index < -0.39 is 5.41 Å². The van der Waals surface area contributed by atoms with Crippen LogP contribution in [0.3, 0.4) is 0 Å². The summed E-state index contributed by atoms with van der Waals surface area (Å²) in [6, 6.07) is 64.7. The first-order valence-corrected chi connectivity index (χ1v) is 21.0. The summed E-state index contributed by atoms with van der Waals surface area (Å²) in [6.45, 7) is 0. The second kappa shape index (κ2) is 11.5. The van der Waals surface area contributed by atoms with Gasteiger partial charge in [0.15, 0.2) is 11.6 Å². The topological polar surface area (TPSA) is 69.9 Å². The molecule has 0 aliphatic heterocycles. The summed E-state index contributed by atoms with van der Waals surface area (Å²) in [6.07, 6.45) is 0. The second-order valence-corrected chi connectivity index (χ2v) is 16.6. The predicted octanol–water partition coefficient (Wildman–Crippen LogP) is 13.9. The molecule has 0 unspecified atom stereocenters. The zero-order chi connectivity index (χ0) is 40.3. The standard InChI is InChI=1S/C56H30N4O2/c1-5-21-39-32(14-1)33-15-2-6-22-40(33)56(39)41-23-9-13-31-29-30-44-51(48(31)41)50-42(56)24-12-25-43(50)60(44)55-58-53(37-19-11-28-47-49(37)36-17-4-8-27-46(36)61-47)57-54(59-55)38-20-10-18-35-34-16-3-7-26-45(34)62-52(35)38/h1-30H. The molecule has 13 aromatic rings. The van der Waals surface area contributed by atoms with Crippen LogP contribution in [-0.4, -0.2) is 19.5 Å². The molecule has 0 bridgehead atoms. The first kappa shape index (κ1) is 32.5. The molecule has 0 amide bonds. The Morgan fingerprint density at radius 3 is 1.74 bits per heavy atom. The molecule has 4 heterocycles. The number of rotatable bonds is 3. The molecule has 1 spiro atoms. The third-order valence-corrected chi connectivity index (χ3v) is 13.7. The van der Waals surface area contributed by atoms with Gasteiger partial charge in [-0.05, 0) is 80.6 Å². The SMILES string of the molecule is c1ccc2c(c1)-c1ccccc1C21c2cccc3ccc4c(c23)c2c1cccc2n4-c1nc(-c2cccc3c2oc2ccccc23)nc(-c2cccc3oc4ccccc4c23)n1. The smallest absolute Gasteiger partial charge is 0.238 e. The molecule has 2 aliphatic carbocycles. The van der Waals surface area contributed by atoms with Crippen molar-refractivity contribution in [1.29, 1.82) is 0 Å². The normalized spacial score (nSPS) is 13.6. The number of fused-ring (bicyclic) bond motifs is 13. The predicted molar refractivity (Wildman–Crippen MR) is 248 cm³/mol. The van der Waals surface area contributed by atoms with Gasteiger partial charge in [-0.3, -0.25) is 4.57 Å². The minimum atomic E-state index is -0.524. The monoisotopic (exact) mass is 790 g/mol. The lowest BCUT2D eigenvalue weighted by atomic mass is 9.63. The van der Waals surface area contributed by atoms with Gasteiger partial charge in [0.2, 0.25) is 5.95 Å². The summed E-state index contributed by atoms with van der Waals surface area (Å²) in [4.78, 5) is 16.3. The van der Waals surface area contributed by atoms with Gasteiger partial charge in [0.25, 0.3) is 0 Å². The van der Waals surface area contributed by atoms with Crippen LogP contribution < -0.4 is 0 Å². The highest BCUT2D eigenvalue weighted by atomic mass is 16.3. The Bertz CT molecular complexity index is 4090. The molecule has 15 rings (SSSR count). The molecule has 286 valence electrons. The summed E-state index contributed by atoms with van der Waals surface area (Å²) in [5.41, 5.74) is 14.1. The number of para-hydroxylation sites is 3. The molecule has 62 heavy (non-hydrogen) atoms. The van der Waals surface area contributed by atoms with E-state index in [0.717, 1.165) is 66.0 Å². The van der Waals surface area contributed by atoms with Crippen molar-refractivity contribution < 1.29 is 8.83 Å². The number of hydrogen-bond donors (Lipinski definition) is 0. The average Bonchev–Trinajstić information content (AvgIpc) is 4.08. The van der Waals surface area contributed by atoms with Crippen LogP contribution in [0.25, 0.3) is 116 Å². The number of aromatic nitrogens is 4. The van der Waals surface area contributed by atoms with E-state index in [-0.39, 0.29) is 0 Å². The van der Waals surface area contributed by atoms with E-state index in [0.29, 0.717) is 17.6 Å². The molecule has 6 heteroatoms. The number of nitrogens with zero attached hydrogens (tertiary/aromatic N) is 4. The zero-order valence-corrected chi connectivity index (χ0v) is 32.9. The lowest BCUT2D eigenvalue weighted by Crippen LogP contribution is -2.30. The van der Waals surface area contributed by atoms with Gasteiger partial charge in [-0.15, -0.1) is 0 Å². The van der Waals surface area contributed by atoms with Crippen molar-refractivity contribution in [1.82, 2.24) is 19.5 Å². The van der Waals surface area contributed by atoms with E-state index in [1.807, 2.05) is 48.5 Å². The van der Waals surface area contributed by atoms with Crippen molar-refractivity contribution in [2.24, 2.45) is 0 Å².